The van der Waals surface area contributed by atoms with Gasteiger partial charge < -0.3 is 14.2 Å². The Hall–Kier alpha value is -2.85. The van der Waals surface area contributed by atoms with Crippen molar-refractivity contribution in [2.24, 2.45) is 0 Å². The summed E-state index contributed by atoms with van der Waals surface area (Å²) in [4.78, 5) is 12.2. The minimum Gasteiger partial charge on any atom is -0.491 e. The van der Waals surface area contributed by atoms with E-state index in [0.717, 1.165) is 10.8 Å². The number of hydrogen-bond acceptors (Lipinski definition) is 4. The molecule has 0 atom stereocenters. The lowest BCUT2D eigenvalue weighted by Crippen LogP contribution is -2.09. The molecular formula is C20H18O4. The average molecular weight is 322 g/mol. The van der Waals surface area contributed by atoms with Gasteiger partial charge >= 0.3 is 5.97 Å². The standard InChI is InChI=1S/C20H18O4/c1-22-12-13-23-18-9-7-16(8-10-18)20(21)24-19-11-6-15-4-2-3-5-17(15)14-19/h2-11,14H,12-13H2,1H3. The Balaban J connectivity index is 1.67. The van der Waals surface area contributed by atoms with Crippen LogP contribution in [0.3, 0.4) is 0 Å². The molecule has 4 nitrogen and oxygen atoms in total. The molecule has 122 valence electrons. The third-order valence-electron chi connectivity index (χ3n) is 3.58. The summed E-state index contributed by atoms with van der Waals surface area (Å²) < 4.78 is 15.8. The van der Waals surface area contributed by atoms with Crippen molar-refractivity contribution >= 4 is 16.7 Å². The molecule has 0 aliphatic heterocycles. The summed E-state index contributed by atoms with van der Waals surface area (Å²) in [6.45, 7) is 0.989. The maximum atomic E-state index is 12.2. The summed E-state index contributed by atoms with van der Waals surface area (Å²) >= 11 is 0. The van der Waals surface area contributed by atoms with Crippen molar-refractivity contribution in [3.8, 4) is 11.5 Å². The minimum absolute atomic E-state index is 0.395. The molecule has 0 fully saturated rings. The SMILES string of the molecule is COCCOc1ccc(C(=O)Oc2ccc3ccccc3c2)cc1. The number of carbonyl (C=O) groups is 1. The molecule has 0 radical (unpaired) electrons. The van der Waals surface area contributed by atoms with Gasteiger partial charge in [-0.15, -0.1) is 0 Å². The highest BCUT2D eigenvalue weighted by molar-refractivity contribution is 5.92. The highest BCUT2D eigenvalue weighted by Crippen LogP contribution is 2.22. The number of hydrogen-bond donors (Lipinski definition) is 0. The van der Waals surface area contributed by atoms with Gasteiger partial charge in [0.15, 0.2) is 0 Å². The molecule has 0 unspecified atom stereocenters. The zero-order valence-electron chi connectivity index (χ0n) is 13.4. The van der Waals surface area contributed by atoms with Crippen LogP contribution in [-0.2, 0) is 4.74 Å². The smallest absolute Gasteiger partial charge is 0.343 e. The van der Waals surface area contributed by atoms with Crippen molar-refractivity contribution in [1.29, 1.82) is 0 Å². The fourth-order valence-corrected chi connectivity index (χ4v) is 2.33. The van der Waals surface area contributed by atoms with E-state index in [1.54, 1.807) is 37.4 Å². The van der Waals surface area contributed by atoms with Gasteiger partial charge in [-0.2, -0.15) is 0 Å². The summed E-state index contributed by atoms with van der Waals surface area (Å²) in [6.07, 6.45) is 0. The first-order valence-electron chi connectivity index (χ1n) is 7.69. The van der Waals surface area contributed by atoms with Gasteiger partial charge in [-0.1, -0.05) is 30.3 Å². The molecule has 3 aromatic carbocycles. The van der Waals surface area contributed by atoms with E-state index >= 15 is 0 Å². The molecule has 0 bridgehead atoms. The Bertz CT molecular complexity index is 824. The number of carbonyl (C=O) groups excluding carboxylic acids is 1. The molecule has 4 heteroatoms. The van der Waals surface area contributed by atoms with Gasteiger partial charge in [0.05, 0.1) is 12.2 Å². The zero-order chi connectivity index (χ0) is 16.8. The van der Waals surface area contributed by atoms with E-state index < -0.39 is 5.97 Å². The molecule has 3 aromatic rings. The number of methoxy groups -OCH3 is 1. The van der Waals surface area contributed by atoms with Crippen LogP contribution in [0.1, 0.15) is 10.4 Å². The number of esters is 1. The van der Waals surface area contributed by atoms with Crippen molar-refractivity contribution < 1.29 is 19.0 Å². The molecule has 0 heterocycles. The summed E-state index contributed by atoms with van der Waals surface area (Å²) in [5, 5.41) is 2.14. The fourth-order valence-electron chi connectivity index (χ4n) is 2.33. The van der Waals surface area contributed by atoms with Gasteiger partial charge in [0.25, 0.3) is 0 Å². The maximum absolute atomic E-state index is 12.2. The van der Waals surface area contributed by atoms with Crippen LogP contribution in [0.5, 0.6) is 11.5 Å². The topological polar surface area (TPSA) is 44.8 Å². The van der Waals surface area contributed by atoms with E-state index in [1.807, 2.05) is 36.4 Å². The van der Waals surface area contributed by atoms with Crippen LogP contribution in [0.25, 0.3) is 10.8 Å². The Morgan fingerprint density at radius 2 is 1.54 bits per heavy atom. The van der Waals surface area contributed by atoms with Crippen LogP contribution >= 0.6 is 0 Å². The second-order valence-corrected chi connectivity index (χ2v) is 5.26. The number of benzene rings is 3. The molecule has 0 saturated heterocycles. The monoisotopic (exact) mass is 322 g/mol. The van der Waals surface area contributed by atoms with E-state index in [9.17, 15) is 4.79 Å². The predicted octanol–water partition coefficient (Wildman–Crippen LogP) is 4.08. The van der Waals surface area contributed by atoms with Crippen LogP contribution in [0.15, 0.2) is 66.7 Å². The Kier molecular flexibility index (Phi) is 5.08. The van der Waals surface area contributed by atoms with Gasteiger partial charge in [-0.05, 0) is 47.2 Å². The van der Waals surface area contributed by atoms with E-state index in [-0.39, 0.29) is 0 Å². The van der Waals surface area contributed by atoms with Gasteiger partial charge in [-0.25, -0.2) is 4.79 Å². The number of fused-ring (bicyclic) bond motifs is 1. The van der Waals surface area contributed by atoms with E-state index in [2.05, 4.69) is 0 Å². The molecular weight excluding hydrogens is 304 g/mol. The molecule has 0 aliphatic carbocycles. The van der Waals surface area contributed by atoms with Gasteiger partial charge in [0, 0.05) is 7.11 Å². The van der Waals surface area contributed by atoms with Crippen LogP contribution < -0.4 is 9.47 Å². The van der Waals surface area contributed by atoms with Crippen LogP contribution in [0.4, 0.5) is 0 Å². The molecule has 0 aromatic heterocycles. The minimum atomic E-state index is -0.395. The van der Waals surface area contributed by atoms with E-state index in [4.69, 9.17) is 14.2 Å². The van der Waals surface area contributed by atoms with Crippen molar-refractivity contribution in [2.45, 2.75) is 0 Å². The number of ether oxygens (including phenoxy) is 3. The van der Waals surface area contributed by atoms with Crippen molar-refractivity contribution in [3.63, 3.8) is 0 Å². The van der Waals surface area contributed by atoms with Crippen LogP contribution in [-0.4, -0.2) is 26.3 Å². The van der Waals surface area contributed by atoms with Crippen LogP contribution in [0, 0.1) is 0 Å². The molecule has 0 N–H and O–H groups in total. The predicted molar refractivity (Wildman–Crippen MR) is 92.7 cm³/mol. The first kappa shape index (κ1) is 16.0. The van der Waals surface area contributed by atoms with Crippen molar-refractivity contribution in [1.82, 2.24) is 0 Å². The molecule has 24 heavy (non-hydrogen) atoms. The number of rotatable bonds is 6. The second kappa shape index (κ2) is 7.62. The van der Waals surface area contributed by atoms with E-state index in [1.165, 1.54) is 0 Å². The molecule has 3 rings (SSSR count). The van der Waals surface area contributed by atoms with E-state index in [0.29, 0.717) is 30.3 Å². The van der Waals surface area contributed by atoms with Crippen molar-refractivity contribution in [3.05, 3.63) is 72.3 Å². The Morgan fingerprint density at radius 3 is 2.29 bits per heavy atom. The summed E-state index contributed by atoms with van der Waals surface area (Å²) in [6, 6.07) is 20.4. The third-order valence-corrected chi connectivity index (χ3v) is 3.58. The quantitative estimate of drug-likeness (QED) is 0.390. The maximum Gasteiger partial charge on any atom is 0.343 e. The lowest BCUT2D eigenvalue weighted by molar-refractivity contribution is 0.0735. The highest BCUT2D eigenvalue weighted by atomic mass is 16.5. The molecule has 0 aliphatic rings. The molecule has 0 spiro atoms. The zero-order valence-corrected chi connectivity index (χ0v) is 13.4. The summed E-state index contributed by atoms with van der Waals surface area (Å²) in [7, 11) is 1.62. The summed E-state index contributed by atoms with van der Waals surface area (Å²) in [5.74, 6) is 0.821. The first-order valence-corrected chi connectivity index (χ1v) is 7.69. The van der Waals surface area contributed by atoms with Gasteiger partial charge in [-0.3, -0.25) is 0 Å². The van der Waals surface area contributed by atoms with Gasteiger partial charge in [0.1, 0.15) is 18.1 Å². The highest BCUT2D eigenvalue weighted by Gasteiger charge is 2.09. The van der Waals surface area contributed by atoms with Crippen molar-refractivity contribution in [2.75, 3.05) is 20.3 Å². The largest absolute Gasteiger partial charge is 0.491 e. The second-order valence-electron chi connectivity index (χ2n) is 5.26. The normalized spacial score (nSPS) is 10.5. The lowest BCUT2D eigenvalue weighted by atomic mass is 10.1. The third kappa shape index (κ3) is 3.91. The lowest BCUT2D eigenvalue weighted by Gasteiger charge is -2.08. The van der Waals surface area contributed by atoms with Crippen LogP contribution in [0.2, 0.25) is 0 Å². The summed E-state index contributed by atoms with van der Waals surface area (Å²) in [5.41, 5.74) is 0.474. The molecule has 0 saturated carbocycles. The first-order chi connectivity index (χ1) is 11.8. The average Bonchev–Trinajstić information content (AvgIpc) is 2.62. The molecule has 0 amide bonds. The Morgan fingerprint density at radius 1 is 0.833 bits per heavy atom. The fraction of sp³-hybridized carbons (Fsp3) is 0.150. The Labute approximate surface area is 140 Å². The van der Waals surface area contributed by atoms with Gasteiger partial charge in [0.2, 0.25) is 0 Å².